The van der Waals surface area contributed by atoms with Gasteiger partial charge in [-0.25, -0.2) is 0 Å². The third-order valence-electron chi connectivity index (χ3n) is 1.40. The standard InChI is InChI=1S/C11H15/c1-11(2,3)9-10-7-5-4-6-8-10/h4-9H,1-3H3/q-1. The molecule has 0 aliphatic rings. The molecule has 0 heteroatoms. The van der Waals surface area contributed by atoms with Crippen molar-refractivity contribution in [1.29, 1.82) is 0 Å². The van der Waals surface area contributed by atoms with Crippen molar-refractivity contribution in [2.75, 3.05) is 0 Å². The zero-order valence-corrected chi connectivity index (χ0v) is 7.46. The van der Waals surface area contributed by atoms with Gasteiger partial charge in [-0.3, -0.25) is 0 Å². The second kappa shape index (κ2) is 3.00. The van der Waals surface area contributed by atoms with E-state index in [2.05, 4.69) is 51.5 Å². The van der Waals surface area contributed by atoms with Crippen molar-refractivity contribution >= 4 is 0 Å². The molecule has 0 spiro atoms. The summed E-state index contributed by atoms with van der Waals surface area (Å²) in [5.41, 5.74) is 1.58. The molecular weight excluding hydrogens is 132 g/mol. The van der Waals surface area contributed by atoms with E-state index < -0.39 is 0 Å². The maximum Gasteiger partial charge on any atom is -0.0643 e. The Morgan fingerprint density at radius 3 is 2.00 bits per heavy atom. The van der Waals surface area contributed by atoms with E-state index in [1.54, 1.807) is 0 Å². The van der Waals surface area contributed by atoms with Gasteiger partial charge in [0.1, 0.15) is 0 Å². The van der Waals surface area contributed by atoms with Crippen molar-refractivity contribution in [2.45, 2.75) is 20.8 Å². The van der Waals surface area contributed by atoms with Crippen LogP contribution in [0.15, 0.2) is 30.3 Å². The fourth-order valence-electron chi connectivity index (χ4n) is 1.05. The minimum Gasteiger partial charge on any atom is -0.191 e. The molecule has 0 N–H and O–H groups in total. The fourth-order valence-corrected chi connectivity index (χ4v) is 1.05. The summed E-state index contributed by atoms with van der Waals surface area (Å²) in [4.78, 5) is 0. The van der Waals surface area contributed by atoms with Gasteiger partial charge in [0.05, 0.1) is 0 Å². The fraction of sp³-hybridized carbons (Fsp3) is 0.364. The predicted octanol–water partition coefficient (Wildman–Crippen LogP) is 3.29. The second-order valence-corrected chi connectivity index (χ2v) is 3.92. The van der Waals surface area contributed by atoms with Crippen LogP contribution in [0.25, 0.3) is 0 Å². The Labute approximate surface area is 69.3 Å². The first kappa shape index (κ1) is 8.19. The van der Waals surface area contributed by atoms with Crippen LogP contribution in [0.3, 0.4) is 0 Å². The van der Waals surface area contributed by atoms with Crippen molar-refractivity contribution in [1.82, 2.24) is 0 Å². The van der Waals surface area contributed by atoms with E-state index in [4.69, 9.17) is 0 Å². The predicted molar refractivity (Wildman–Crippen MR) is 49.3 cm³/mol. The number of hydrogen-bond donors (Lipinski definition) is 0. The minimum atomic E-state index is 0.279. The van der Waals surface area contributed by atoms with Crippen LogP contribution in [0.1, 0.15) is 26.3 Å². The molecule has 0 aliphatic carbocycles. The quantitative estimate of drug-likeness (QED) is 0.535. The molecule has 0 fully saturated rings. The average Bonchev–Trinajstić information content (AvgIpc) is 1.85. The van der Waals surface area contributed by atoms with Crippen LogP contribution in [0.4, 0.5) is 0 Å². The molecule has 0 atom stereocenters. The maximum atomic E-state index is 2.27. The normalized spacial score (nSPS) is 11.2. The molecule has 0 saturated carbocycles. The molecule has 0 aliphatic heterocycles. The topological polar surface area (TPSA) is 0 Å². The van der Waals surface area contributed by atoms with Crippen molar-refractivity contribution in [2.24, 2.45) is 5.41 Å². The molecule has 1 rings (SSSR count). The molecule has 0 amide bonds. The van der Waals surface area contributed by atoms with E-state index in [9.17, 15) is 0 Å². The lowest BCUT2D eigenvalue weighted by molar-refractivity contribution is 0.506. The zero-order valence-electron chi connectivity index (χ0n) is 7.46. The highest BCUT2D eigenvalue weighted by Crippen LogP contribution is 2.22. The van der Waals surface area contributed by atoms with Crippen molar-refractivity contribution < 1.29 is 0 Å². The van der Waals surface area contributed by atoms with E-state index in [1.807, 2.05) is 6.07 Å². The van der Waals surface area contributed by atoms with Gasteiger partial charge in [0, 0.05) is 0 Å². The van der Waals surface area contributed by atoms with Gasteiger partial charge in [0.2, 0.25) is 0 Å². The molecule has 60 valence electrons. The Kier molecular flexibility index (Phi) is 2.23. The second-order valence-electron chi connectivity index (χ2n) is 3.92. The van der Waals surface area contributed by atoms with Gasteiger partial charge in [0.15, 0.2) is 0 Å². The van der Waals surface area contributed by atoms with Gasteiger partial charge >= 0.3 is 0 Å². The lowest BCUT2D eigenvalue weighted by atomic mass is 9.88. The van der Waals surface area contributed by atoms with Gasteiger partial charge in [-0.05, 0) is 0 Å². The summed E-state index contributed by atoms with van der Waals surface area (Å²) in [5.74, 6) is 0. The van der Waals surface area contributed by atoms with Gasteiger partial charge < -0.3 is 0 Å². The number of hydrogen-bond acceptors (Lipinski definition) is 0. The van der Waals surface area contributed by atoms with E-state index in [0.29, 0.717) is 0 Å². The van der Waals surface area contributed by atoms with E-state index >= 15 is 0 Å². The van der Waals surface area contributed by atoms with E-state index in [-0.39, 0.29) is 5.41 Å². The maximum absolute atomic E-state index is 2.27. The van der Waals surface area contributed by atoms with Crippen LogP contribution in [-0.4, -0.2) is 0 Å². The summed E-state index contributed by atoms with van der Waals surface area (Å²) in [7, 11) is 0. The summed E-state index contributed by atoms with van der Waals surface area (Å²) in [5, 5.41) is 0. The summed E-state index contributed by atoms with van der Waals surface area (Å²) in [6, 6.07) is 10.4. The molecule has 0 unspecified atom stereocenters. The molecule has 0 saturated heterocycles. The highest BCUT2D eigenvalue weighted by molar-refractivity contribution is 5.24. The SMILES string of the molecule is CC(C)(C)[CH-]c1ccccc1. The highest BCUT2D eigenvalue weighted by Gasteiger charge is 2.03. The molecular formula is C11H15-. The van der Waals surface area contributed by atoms with Crippen LogP contribution in [-0.2, 0) is 0 Å². The highest BCUT2D eigenvalue weighted by atomic mass is 14.1. The van der Waals surface area contributed by atoms with Crippen molar-refractivity contribution in [3.05, 3.63) is 42.3 Å². The lowest BCUT2D eigenvalue weighted by Gasteiger charge is -2.24. The van der Waals surface area contributed by atoms with Crippen LogP contribution < -0.4 is 0 Å². The van der Waals surface area contributed by atoms with Gasteiger partial charge in [0.25, 0.3) is 0 Å². The first-order valence-electron chi connectivity index (χ1n) is 3.99. The first-order valence-corrected chi connectivity index (χ1v) is 3.99. The number of benzene rings is 1. The Morgan fingerprint density at radius 1 is 1.00 bits per heavy atom. The van der Waals surface area contributed by atoms with Crippen molar-refractivity contribution in [3.8, 4) is 0 Å². The molecule has 1 aromatic rings. The van der Waals surface area contributed by atoms with E-state index in [1.165, 1.54) is 5.56 Å². The summed E-state index contributed by atoms with van der Waals surface area (Å²) in [6.07, 6.45) is 2.27. The van der Waals surface area contributed by atoms with Crippen molar-refractivity contribution in [3.63, 3.8) is 0 Å². The third-order valence-corrected chi connectivity index (χ3v) is 1.40. The molecule has 0 aromatic heterocycles. The Morgan fingerprint density at radius 2 is 1.55 bits per heavy atom. The molecule has 11 heavy (non-hydrogen) atoms. The Balaban J connectivity index is 2.66. The monoisotopic (exact) mass is 147 g/mol. The smallest absolute Gasteiger partial charge is 0.0643 e. The summed E-state index contributed by atoms with van der Waals surface area (Å²) in [6.45, 7) is 6.62. The molecule has 1 aromatic carbocycles. The molecule has 0 radical (unpaired) electrons. The minimum absolute atomic E-state index is 0.279. The first-order chi connectivity index (χ1) is 5.08. The Bertz CT molecular complexity index is 203. The largest absolute Gasteiger partial charge is 0.191 e. The molecule has 0 heterocycles. The van der Waals surface area contributed by atoms with Crippen LogP contribution in [0, 0.1) is 11.8 Å². The van der Waals surface area contributed by atoms with Gasteiger partial charge in [-0.2, -0.15) is 24.1 Å². The average molecular weight is 147 g/mol. The zero-order chi connectivity index (χ0) is 8.32. The van der Waals surface area contributed by atoms with Crippen LogP contribution >= 0.6 is 0 Å². The molecule has 0 bridgehead atoms. The van der Waals surface area contributed by atoms with Crippen LogP contribution in [0.5, 0.6) is 0 Å². The Hall–Kier alpha value is -0.910. The van der Waals surface area contributed by atoms with Crippen LogP contribution in [0.2, 0.25) is 0 Å². The van der Waals surface area contributed by atoms with Gasteiger partial charge in [-0.15, -0.1) is 12.1 Å². The van der Waals surface area contributed by atoms with E-state index in [0.717, 1.165) is 0 Å². The molecule has 0 nitrogen and oxygen atoms in total. The third kappa shape index (κ3) is 3.13. The van der Waals surface area contributed by atoms with Gasteiger partial charge in [-0.1, -0.05) is 32.3 Å². The number of rotatable bonds is 1. The lowest BCUT2D eigenvalue weighted by Crippen LogP contribution is -2.05. The summed E-state index contributed by atoms with van der Waals surface area (Å²) >= 11 is 0. The summed E-state index contributed by atoms with van der Waals surface area (Å²) < 4.78 is 0.